The molecule has 3 heterocycles. The number of fused-ring (bicyclic) bond motifs is 1. The Morgan fingerprint density at radius 1 is 1.33 bits per heavy atom. The highest BCUT2D eigenvalue weighted by Crippen LogP contribution is 2.39. The molecule has 7 heteroatoms. The second-order valence-corrected chi connectivity index (χ2v) is 7.94. The molecule has 2 aliphatic rings. The molecule has 7 nitrogen and oxygen atoms in total. The average Bonchev–Trinajstić information content (AvgIpc) is 3.07. The third kappa shape index (κ3) is 3.66. The van der Waals surface area contributed by atoms with Gasteiger partial charge >= 0.3 is 0 Å². The van der Waals surface area contributed by atoms with Gasteiger partial charge < -0.3 is 14.7 Å². The number of aliphatic hydroxyl groups excluding tert-OH is 1. The van der Waals surface area contributed by atoms with Gasteiger partial charge in [-0.1, -0.05) is 0 Å². The summed E-state index contributed by atoms with van der Waals surface area (Å²) in [4.78, 5) is 16.5. The van der Waals surface area contributed by atoms with E-state index in [4.69, 9.17) is 4.74 Å². The van der Waals surface area contributed by atoms with Gasteiger partial charge in [0.15, 0.2) is 0 Å². The minimum absolute atomic E-state index is 0.0352. The van der Waals surface area contributed by atoms with Crippen LogP contribution in [0.3, 0.4) is 0 Å². The van der Waals surface area contributed by atoms with Crippen molar-refractivity contribution in [1.82, 2.24) is 20.0 Å². The van der Waals surface area contributed by atoms with Gasteiger partial charge in [-0.25, -0.2) is 0 Å². The fourth-order valence-electron chi connectivity index (χ4n) is 4.72. The molecule has 0 aliphatic carbocycles. The van der Waals surface area contributed by atoms with Gasteiger partial charge in [0.05, 0.1) is 24.9 Å². The molecule has 1 atom stereocenters. The molecule has 2 N–H and O–H groups in total. The molecule has 2 aliphatic heterocycles. The number of H-pyrrole nitrogens is 1. The zero-order valence-electron chi connectivity index (χ0n) is 15.9. The third-order valence-electron chi connectivity index (χ3n) is 6.08. The third-order valence-corrected chi connectivity index (χ3v) is 6.08. The number of carbonyl (C=O) groups excluding carboxylic acids is 1. The smallest absolute Gasteiger partial charge is 0.222 e. The van der Waals surface area contributed by atoms with E-state index >= 15 is 0 Å². The highest BCUT2D eigenvalue weighted by molar-refractivity contribution is 5.82. The van der Waals surface area contributed by atoms with Gasteiger partial charge in [0.25, 0.3) is 0 Å². The number of hydrogen-bond acceptors (Lipinski definition) is 5. The highest BCUT2D eigenvalue weighted by atomic mass is 16.5. The molecule has 1 aromatic heterocycles. The number of nitrogens with one attached hydrogen (secondary N) is 1. The van der Waals surface area contributed by atoms with E-state index in [1.807, 2.05) is 23.1 Å². The molecule has 2 saturated heterocycles. The van der Waals surface area contributed by atoms with E-state index in [9.17, 15) is 9.90 Å². The number of β-amino-alcohol motifs (C(OH)–C–C–N with tert-alkyl or cyclic N) is 1. The van der Waals surface area contributed by atoms with E-state index in [1.165, 1.54) is 0 Å². The Hall–Kier alpha value is -2.12. The molecule has 0 radical (unpaired) electrons. The number of methoxy groups -OCH3 is 1. The van der Waals surface area contributed by atoms with Crippen LogP contribution in [0.2, 0.25) is 0 Å². The number of aliphatic hydroxyl groups is 1. The van der Waals surface area contributed by atoms with Crippen molar-refractivity contribution in [2.45, 2.75) is 32.2 Å². The maximum Gasteiger partial charge on any atom is 0.222 e. The van der Waals surface area contributed by atoms with Crippen LogP contribution in [0.1, 0.15) is 31.4 Å². The maximum atomic E-state index is 12.1. The van der Waals surface area contributed by atoms with E-state index in [0.29, 0.717) is 13.0 Å². The van der Waals surface area contributed by atoms with E-state index in [-0.39, 0.29) is 17.9 Å². The number of ether oxygens (including phenoxy) is 1. The molecule has 1 spiro atoms. The van der Waals surface area contributed by atoms with Crippen molar-refractivity contribution in [3.8, 4) is 5.75 Å². The molecular weight excluding hydrogens is 344 g/mol. The topological polar surface area (TPSA) is 81.7 Å². The minimum Gasteiger partial charge on any atom is -0.497 e. The normalized spacial score (nSPS) is 24.1. The molecule has 2 aromatic rings. The van der Waals surface area contributed by atoms with Crippen molar-refractivity contribution in [2.75, 3.05) is 39.9 Å². The van der Waals surface area contributed by atoms with Crippen LogP contribution < -0.4 is 4.74 Å². The molecule has 0 bridgehead atoms. The van der Waals surface area contributed by atoms with Crippen molar-refractivity contribution >= 4 is 16.8 Å². The Morgan fingerprint density at radius 2 is 2.22 bits per heavy atom. The second kappa shape index (κ2) is 7.48. The summed E-state index contributed by atoms with van der Waals surface area (Å²) >= 11 is 0. The lowest BCUT2D eigenvalue weighted by Crippen LogP contribution is -2.54. The van der Waals surface area contributed by atoms with Gasteiger partial charge in [-0.2, -0.15) is 5.10 Å². The molecular formula is C20H28N4O3. The van der Waals surface area contributed by atoms with Gasteiger partial charge in [-0.05, 0) is 44.0 Å². The summed E-state index contributed by atoms with van der Waals surface area (Å²) in [5.41, 5.74) is 2.21. The number of piperidine rings is 2. The molecule has 1 amide bonds. The van der Waals surface area contributed by atoms with Crippen LogP contribution in [0.4, 0.5) is 0 Å². The Morgan fingerprint density at radius 3 is 3.04 bits per heavy atom. The number of hydrogen-bond donors (Lipinski definition) is 2. The summed E-state index contributed by atoms with van der Waals surface area (Å²) < 4.78 is 5.36. The van der Waals surface area contributed by atoms with Crippen molar-refractivity contribution in [2.24, 2.45) is 5.41 Å². The van der Waals surface area contributed by atoms with E-state index < -0.39 is 0 Å². The molecule has 2 fully saturated rings. The van der Waals surface area contributed by atoms with Crippen LogP contribution in [0.25, 0.3) is 10.9 Å². The fourth-order valence-corrected chi connectivity index (χ4v) is 4.72. The Balaban J connectivity index is 1.50. The first-order valence-corrected chi connectivity index (χ1v) is 9.74. The van der Waals surface area contributed by atoms with E-state index in [1.54, 1.807) is 7.11 Å². The quantitative estimate of drug-likeness (QED) is 0.836. The van der Waals surface area contributed by atoms with Crippen LogP contribution in [0, 0.1) is 5.41 Å². The SMILES string of the molecule is COc1ccc2n[nH]c(CN3CCC[C@]4(CCC(=O)N(CCO)C4)C3)c2c1. The number of rotatable bonds is 5. The van der Waals surface area contributed by atoms with E-state index in [2.05, 4.69) is 15.1 Å². The van der Waals surface area contributed by atoms with Gasteiger partial charge in [0.2, 0.25) is 5.91 Å². The monoisotopic (exact) mass is 372 g/mol. The molecule has 4 rings (SSSR count). The summed E-state index contributed by atoms with van der Waals surface area (Å²) in [6, 6.07) is 5.94. The summed E-state index contributed by atoms with van der Waals surface area (Å²) in [5.74, 6) is 1.02. The van der Waals surface area contributed by atoms with Crippen molar-refractivity contribution in [3.63, 3.8) is 0 Å². The number of aromatic amines is 1. The number of aromatic nitrogens is 2. The van der Waals surface area contributed by atoms with Crippen LogP contribution in [0.15, 0.2) is 18.2 Å². The standard InChI is InChI=1S/C20H28N4O3/c1-27-15-3-4-17-16(11-15)18(22-21-17)12-23-8-2-6-20(13-23)7-5-19(26)24(14-20)9-10-25/h3-4,11,25H,2,5-10,12-14H2,1H3,(H,21,22)/t20-/m0/s1. The van der Waals surface area contributed by atoms with Crippen molar-refractivity contribution in [3.05, 3.63) is 23.9 Å². The van der Waals surface area contributed by atoms with Crippen LogP contribution >= 0.6 is 0 Å². The fraction of sp³-hybridized carbons (Fsp3) is 0.600. The van der Waals surface area contributed by atoms with E-state index in [0.717, 1.165) is 67.8 Å². The summed E-state index contributed by atoms with van der Waals surface area (Å²) in [7, 11) is 1.68. The predicted octanol–water partition coefficient (Wildman–Crippen LogP) is 1.77. The molecule has 1 aromatic carbocycles. The van der Waals surface area contributed by atoms with Gasteiger partial charge in [0.1, 0.15) is 5.75 Å². The zero-order chi connectivity index (χ0) is 18.9. The molecule has 0 saturated carbocycles. The first-order valence-electron chi connectivity index (χ1n) is 9.74. The van der Waals surface area contributed by atoms with Crippen LogP contribution in [-0.4, -0.2) is 70.9 Å². The van der Waals surface area contributed by atoms with Gasteiger partial charge in [-0.3, -0.25) is 14.8 Å². The molecule has 27 heavy (non-hydrogen) atoms. The summed E-state index contributed by atoms with van der Waals surface area (Å²) in [6.07, 6.45) is 3.83. The lowest BCUT2D eigenvalue weighted by atomic mass is 9.73. The van der Waals surface area contributed by atoms with Gasteiger partial charge in [0, 0.05) is 43.4 Å². The number of amides is 1. The zero-order valence-corrected chi connectivity index (χ0v) is 15.9. The summed E-state index contributed by atoms with van der Waals surface area (Å²) in [6.45, 7) is 4.10. The Kier molecular flexibility index (Phi) is 5.06. The second-order valence-electron chi connectivity index (χ2n) is 7.94. The Labute approximate surface area is 159 Å². The average molecular weight is 372 g/mol. The first-order chi connectivity index (χ1) is 13.1. The lowest BCUT2D eigenvalue weighted by Gasteiger charge is -2.48. The maximum absolute atomic E-state index is 12.1. The predicted molar refractivity (Wildman–Crippen MR) is 102 cm³/mol. The van der Waals surface area contributed by atoms with Crippen molar-refractivity contribution in [1.29, 1.82) is 0 Å². The highest BCUT2D eigenvalue weighted by Gasteiger charge is 2.41. The van der Waals surface area contributed by atoms with Crippen molar-refractivity contribution < 1.29 is 14.6 Å². The van der Waals surface area contributed by atoms with Crippen LogP contribution in [0.5, 0.6) is 5.75 Å². The molecule has 146 valence electrons. The lowest BCUT2D eigenvalue weighted by molar-refractivity contribution is -0.140. The minimum atomic E-state index is 0.0352. The summed E-state index contributed by atoms with van der Waals surface area (Å²) in [5, 5.41) is 18.0. The number of carbonyl (C=O) groups is 1. The Bertz CT molecular complexity index is 821. The molecule has 0 unspecified atom stereocenters. The number of benzene rings is 1. The largest absolute Gasteiger partial charge is 0.497 e. The van der Waals surface area contributed by atoms with Crippen LogP contribution in [-0.2, 0) is 11.3 Å². The van der Waals surface area contributed by atoms with Gasteiger partial charge in [-0.15, -0.1) is 0 Å². The number of nitrogens with zero attached hydrogens (tertiary/aromatic N) is 3. The first kappa shape index (κ1) is 18.3. The number of likely N-dealkylation sites (tertiary alicyclic amines) is 2.